The highest BCUT2D eigenvalue weighted by molar-refractivity contribution is 4.83. The van der Waals surface area contributed by atoms with Gasteiger partial charge in [-0.05, 0) is 38.1 Å². The zero-order valence-corrected chi connectivity index (χ0v) is 17.1. The van der Waals surface area contributed by atoms with Crippen LogP contribution in [-0.2, 0) is 4.74 Å². The van der Waals surface area contributed by atoms with Crippen LogP contribution in [0, 0.1) is 5.92 Å². The summed E-state index contributed by atoms with van der Waals surface area (Å²) in [6, 6.07) is 0.831. The fourth-order valence-electron chi connectivity index (χ4n) is 3.35. The van der Waals surface area contributed by atoms with Crippen LogP contribution < -0.4 is 0 Å². The van der Waals surface area contributed by atoms with Gasteiger partial charge in [0.25, 0.3) is 0 Å². The molecule has 1 aliphatic carbocycles. The first-order valence-electron chi connectivity index (χ1n) is 10.3. The Bertz CT molecular complexity index is 242. The van der Waals surface area contributed by atoms with Crippen LogP contribution in [0.3, 0.4) is 0 Å². The van der Waals surface area contributed by atoms with Crippen LogP contribution in [0.5, 0.6) is 0 Å². The Kier molecular flexibility index (Phi) is 14.2. The van der Waals surface area contributed by atoms with Gasteiger partial charge in [-0.15, -0.1) is 0 Å². The van der Waals surface area contributed by atoms with Crippen molar-refractivity contribution in [2.75, 3.05) is 39.3 Å². The van der Waals surface area contributed by atoms with Gasteiger partial charge < -0.3 is 9.64 Å². The Morgan fingerprint density at radius 3 is 1.83 bits per heavy atom. The van der Waals surface area contributed by atoms with Crippen molar-refractivity contribution in [2.45, 2.75) is 86.3 Å². The van der Waals surface area contributed by atoms with E-state index >= 15 is 0 Å². The monoisotopic (exact) mass is 328 g/mol. The van der Waals surface area contributed by atoms with Crippen molar-refractivity contribution in [1.29, 1.82) is 0 Å². The number of likely N-dealkylation sites (N-methyl/N-ethyl adjacent to an activating group) is 1. The second kappa shape index (κ2) is 14.2. The van der Waals surface area contributed by atoms with Gasteiger partial charge in [-0.25, -0.2) is 0 Å². The molecule has 2 aliphatic rings. The molecule has 1 heterocycles. The minimum Gasteiger partial charge on any atom is -0.378 e. The van der Waals surface area contributed by atoms with Crippen molar-refractivity contribution in [1.82, 2.24) is 9.80 Å². The molecule has 0 aromatic carbocycles. The fraction of sp³-hybridized carbons (Fsp3) is 1.00. The highest BCUT2D eigenvalue weighted by atomic mass is 16.5. The fourth-order valence-corrected chi connectivity index (χ4v) is 3.35. The molecular formula is C20H44N2O. The summed E-state index contributed by atoms with van der Waals surface area (Å²) in [6.45, 7) is 22.0. The van der Waals surface area contributed by atoms with Crippen molar-refractivity contribution in [3.8, 4) is 0 Å². The Labute approximate surface area is 146 Å². The first-order chi connectivity index (χ1) is 11.2. The van der Waals surface area contributed by atoms with E-state index in [1.807, 2.05) is 27.7 Å². The Balaban J connectivity index is 0.00000112. The third-order valence-electron chi connectivity index (χ3n) is 4.68. The predicted molar refractivity (Wildman–Crippen MR) is 103 cm³/mol. The summed E-state index contributed by atoms with van der Waals surface area (Å²) in [6.07, 6.45) is 5.76. The van der Waals surface area contributed by atoms with E-state index in [9.17, 15) is 0 Å². The molecule has 3 nitrogen and oxygen atoms in total. The summed E-state index contributed by atoms with van der Waals surface area (Å²) < 4.78 is 5.99. The van der Waals surface area contributed by atoms with E-state index in [4.69, 9.17) is 4.74 Å². The van der Waals surface area contributed by atoms with Crippen LogP contribution >= 0.6 is 0 Å². The van der Waals surface area contributed by atoms with Crippen LogP contribution in [0.25, 0.3) is 0 Å². The lowest BCUT2D eigenvalue weighted by Crippen LogP contribution is -2.51. The predicted octanol–water partition coefficient (Wildman–Crippen LogP) is 4.66. The molecule has 1 saturated heterocycles. The number of ether oxygens (including phenoxy) is 1. The zero-order chi connectivity index (χ0) is 17.7. The number of hydrogen-bond donors (Lipinski definition) is 0. The van der Waals surface area contributed by atoms with Crippen LogP contribution in [0.15, 0.2) is 0 Å². The molecule has 2 fully saturated rings. The molecule has 0 amide bonds. The van der Waals surface area contributed by atoms with Crippen molar-refractivity contribution >= 4 is 0 Å². The smallest absolute Gasteiger partial charge is 0.0576 e. The third kappa shape index (κ3) is 9.07. The lowest BCUT2D eigenvalue weighted by Gasteiger charge is -2.41. The van der Waals surface area contributed by atoms with Crippen molar-refractivity contribution in [3.05, 3.63) is 0 Å². The molecule has 0 bridgehead atoms. The molecule has 140 valence electrons. The molecule has 0 aromatic heterocycles. The molecule has 0 unspecified atom stereocenters. The van der Waals surface area contributed by atoms with E-state index in [2.05, 4.69) is 30.6 Å². The lowest BCUT2D eigenvalue weighted by molar-refractivity contribution is -0.0107. The summed E-state index contributed by atoms with van der Waals surface area (Å²) in [5.74, 6) is 0.667. The Morgan fingerprint density at radius 1 is 0.870 bits per heavy atom. The summed E-state index contributed by atoms with van der Waals surface area (Å²) in [7, 11) is 0. The number of rotatable bonds is 5. The minimum atomic E-state index is 0.538. The molecule has 3 heteroatoms. The van der Waals surface area contributed by atoms with E-state index < -0.39 is 0 Å². The first-order valence-corrected chi connectivity index (χ1v) is 10.3. The van der Waals surface area contributed by atoms with Gasteiger partial charge in [0, 0.05) is 38.8 Å². The van der Waals surface area contributed by atoms with E-state index in [0.717, 1.165) is 12.6 Å². The van der Waals surface area contributed by atoms with Gasteiger partial charge in [0.05, 0.1) is 6.10 Å². The SMILES string of the molecule is CC.CC.CCN1CCN(C2CCC(OCC(C)C)CC2)CC1. The van der Waals surface area contributed by atoms with Gasteiger partial charge in [0.2, 0.25) is 0 Å². The highest BCUT2D eigenvalue weighted by Crippen LogP contribution is 2.26. The van der Waals surface area contributed by atoms with Crippen LogP contribution in [0.4, 0.5) is 0 Å². The van der Waals surface area contributed by atoms with Gasteiger partial charge >= 0.3 is 0 Å². The first kappa shape index (κ1) is 22.9. The summed E-state index contributed by atoms with van der Waals surface area (Å²) in [4.78, 5) is 5.29. The number of nitrogens with zero attached hydrogens (tertiary/aromatic N) is 2. The molecular weight excluding hydrogens is 284 g/mol. The van der Waals surface area contributed by atoms with Gasteiger partial charge in [0.1, 0.15) is 0 Å². The molecule has 0 atom stereocenters. The second-order valence-corrected chi connectivity index (χ2v) is 6.63. The van der Waals surface area contributed by atoms with Crippen LogP contribution in [0.1, 0.15) is 74.1 Å². The highest BCUT2D eigenvalue weighted by Gasteiger charge is 2.28. The van der Waals surface area contributed by atoms with Crippen LogP contribution in [-0.4, -0.2) is 61.3 Å². The molecule has 23 heavy (non-hydrogen) atoms. The molecule has 2 rings (SSSR count). The minimum absolute atomic E-state index is 0.538. The average Bonchev–Trinajstić information content (AvgIpc) is 2.64. The zero-order valence-electron chi connectivity index (χ0n) is 17.1. The third-order valence-corrected chi connectivity index (χ3v) is 4.68. The van der Waals surface area contributed by atoms with Gasteiger partial charge in [-0.1, -0.05) is 48.5 Å². The summed E-state index contributed by atoms with van der Waals surface area (Å²) in [5.41, 5.74) is 0. The molecule has 1 aliphatic heterocycles. The largest absolute Gasteiger partial charge is 0.378 e. The summed E-state index contributed by atoms with van der Waals surface area (Å²) >= 11 is 0. The van der Waals surface area contributed by atoms with Gasteiger partial charge in [-0.3, -0.25) is 4.90 Å². The normalized spacial score (nSPS) is 26.1. The van der Waals surface area contributed by atoms with E-state index in [-0.39, 0.29) is 0 Å². The van der Waals surface area contributed by atoms with Crippen molar-refractivity contribution in [2.24, 2.45) is 5.92 Å². The maximum absolute atomic E-state index is 5.99. The van der Waals surface area contributed by atoms with Gasteiger partial charge in [0.15, 0.2) is 0 Å². The summed E-state index contributed by atoms with van der Waals surface area (Å²) in [5, 5.41) is 0. The van der Waals surface area contributed by atoms with E-state index in [1.165, 1.54) is 58.4 Å². The Morgan fingerprint density at radius 2 is 1.39 bits per heavy atom. The number of piperazine rings is 1. The topological polar surface area (TPSA) is 15.7 Å². The molecule has 1 saturated carbocycles. The Hall–Kier alpha value is -0.120. The molecule has 0 aromatic rings. The maximum Gasteiger partial charge on any atom is 0.0576 e. The van der Waals surface area contributed by atoms with Gasteiger partial charge in [-0.2, -0.15) is 0 Å². The maximum atomic E-state index is 5.99. The quantitative estimate of drug-likeness (QED) is 0.730. The molecule has 0 radical (unpaired) electrons. The average molecular weight is 329 g/mol. The van der Waals surface area contributed by atoms with E-state index in [1.54, 1.807) is 0 Å². The molecule has 0 spiro atoms. The van der Waals surface area contributed by atoms with Crippen molar-refractivity contribution < 1.29 is 4.74 Å². The number of hydrogen-bond acceptors (Lipinski definition) is 3. The standard InChI is InChI=1S/C16H32N2O.2C2H6/c1-4-17-9-11-18(12-10-17)15-5-7-16(8-6-15)19-13-14(2)3;2*1-2/h14-16H,4-13H2,1-3H3;2*1-2H3. The lowest BCUT2D eigenvalue weighted by atomic mass is 9.91. The second-order valence-electron chi connectivity index (χ2n) is 6.63. The van der Waals surface area contributed by atoms with Crippen molar-refractivity contribution in [3.63, 3.8) is 0 Å². The van der Waals surface area contributed by atoms with E-state index in [0.29, 0.717) is 12.0 Å². The molecule has 0 N–H and O–H groups in total. The van der Waals surface area contributed by atoms with Crippen LogP contribution in [0.2, 0.25) is 0 Å².